The lowest BCUT2D eigenvalue weighted by Gasteiger charge is -2.38. The molecule has 0 aliphatic heterocycles. The van der Waals surface area contributed by atoms with Crippen molar-refractivity contribution < 1.29 is 0 Å². The van der Waals surface area contributed by atoms with Crippen LogP contribution in [0, 0.1) is 0 Å². The van der Waals surface area contributed by atoms with Gasteiger partial charge in [-0.2, -0.15) is 0 Å². The second kappa shape index (κ2) is 7.75. The van der Waals surface area contributed by atoms with Gasteiger partial charge in [0.2, 0.25) is 0 Å². The van der Waals surface area contributed by atoms with Crippen LogP contribution >= 0.6 is 0 Å². The van der Waals surface area contributed by atoms with Gasteiger partial charge in [-0.15, -0.1) is 0 Å². The minimum atomic E-state index is -0.675. The van der Waals surface area contributed by atoms with Crippen molar-refractivity contribution in [1.82, 2.24) is 14.5 Å². The van der Waals surface area contributed by atoms with Crippen molar-refractivity contribution in [2.45, 2.75) is 5.54 Å². The van der Waals surface area contributed by atoms with Crippen LogP contribution in [0.3, 0.4) is 0 Å². The van der Waals surface area contributed by atoms with Crippen molar-refractivity contribution >= 4 is 35.4 Å². The van der Waals surface area contributed by atoms with E-state index in [9.17, 15) is 0 Å². The van der Waals surface area contributed by atoms with Crippen molar-refractivity contribution in [2.75, 3.05) is 0 Å². The van der Waals surface area contributed by atoms with Crippen molar-refractivity contribution in [3.05, 3.63) is 138 Å². The van der Waals surface area contributed by atoms with Crippen LogP contribution < -0.4 is 5.59 Å². The van der Waals surface area contributed by atoms with Gasteiger partial charge in [-0.3, -0.25) is 4.98 Å². The van der Waals surface area contributed by atoms with Crippen molar-refractivity contribution in [3.8, 4) is 0 Å². The quantitative estimate of drug-likeness (QED) is 0.289. The number of hydrogen-bond donors (Lipinski definition) is 0. The number of nitrogens with zero attached hydrogens (tertiary/aromatic N) is 3. The normalized spacial score (nSPS) is 11.8. The Labute approximate surface area is 193 Å². The molecule has 0 atom stereocenters. The molecule has 0 bridgehead atoms. The van der Waals surface area contributed by atoms with Crippen LogP contribution in [0.2, 0.25) is 0 Å². The largest absolute Gasteiger partial charge is 0.307 e. The highest BCUT2D eigenvalue weighted by molar-refractivity contribution is 6.31. The Balaban J connectivity index is 1.90. The molecule has 3 heterocycles. The van der Waals surface area contributed by atoms with Crippen molar-refractivity contribution in [3.63, 3.8) is 0 Å². The number of pyridine rings is 2. The molecule has 0 aliphatic rings. The molecule has 0 amide bonds. The molecular weight excluding hydrogens is 401 g/mol. The summed E-state index contributed by atoms with van der Waals surface area (Å²) in [7, 11) is 6.23. The summed E-state index contributed by atoms with van der Waals surface area (Å²) in [5.41, 5.74) is 5.12. The zero-order chi connectivity index (χ0) is 22.3. The minimum absolute atomic E-state index is 0.489. The van der Waals surface area contributed by atoms with E-state index in [1.807, 2.05) is 24.5 Å². The van der Waals surface area contributed by atoms with Crippen LogP contribution in [-0.4, -0.2) is 22.4 Å². The van der Waals surface area contributed by atoms with Crippen LogP contribution in [0.1, 0.15) is 16.7 Å². The molecule has 0 N–H and O–H groups in total. The average molecular weight is 421 g/mol. The van der Waals surface area contributed by atoms with E-state index in [2.05, 4.69) is 107 Å². The van der Waals surface area contributed by atoms with E-state index in [4.69, 9.17) is 12.8 Å². The molecule has 2 radical (unpaired) electrons. The number of hydrogen-bond acceptors (Lipinski definition) is 2. The molecule has 33 heavy (non-hydrogen) atoms. The summed E-state index contributed by atoms with van der Waals surface area (Å²) >= 11 is 0. The fraction of sp³-hybridized carbons (Fsp3) is 0.0345. The van der Waals surface area contributed by atoms with Crippen LogP contribution in [-0.2, 0) is 5.54 Å². The SMILES string of the molecule is [B]c1ccc2c3cnccc3n(C(c3ccccc3)(c3ccccc3)c3ccccc3)c2n1. The zero-order valence-electron chi connectivity index (χ0n) is 18.0. The van der Waals surface area contributed by atoms with E-state index in [0.29, 0.717) is 5.59 Å². The standard InChI is InChI=1S/C29H20BN3/c30-27-17-16-24-25-20-31-19-18-26(25)33(28(24)32-27)29(21-10-4-1-5-11-21,22-12-6-2-7-13-22)23-14-8-3-9-15-23/h1-20H. The molecule has 6 rings (SSSR count). The third kappa shape index (κ3) is 2.91. The summed E-state index contributed by atoms with van der Waals surface area (Å²) in [5, 5.41) is 2.08. The fourth-order valence-electron chi connectivity index (χ4n) is 5.01. The van der Waals surface area contributed by atoms with Gasteiger partial charge in [0.05, 0.1) is 5.52 Å². The first kappa shape index (κ1) is 19.5. The fourth-order valence-corrected chi connectivity index (χ4v) is 5.01. The van der Waals surface area contributed by atoms with Gasteiger partial charge in [-0.05, 0) is 34.4 Å². The van der Waals surface area contributed by atoms with E-state index in [1.165, 1.54) is 0 Å². The maximum Gasteiger partial charge on any atom is 0.141 e. The Morgan fingerprint density at radius 1 is 0.606 bits per heavy atom. The molecule has 0 saturated heterocycles. The van der Waals surface area contributed by atoms with Crippen molar-refractivity contribution in [2.24, 2.45) is 0 Å². The van der Waals surface area contributed by atoms with E-state index in [-0.39, 0.29) is 0 Å². The van der Waals surface area contributed by atoms with Gasteiger partial charge in [0.1, 0.15) is 19.0 Å². The van der Waals surface area contributed by atoms with E-state index in [0.717, 1.165) is 38.6 Å². The molecule has 154 valence electrons. The topological polar surface area (TPSA) is 30.7 Å². The molecular formula is C29H20BN3. The Morgan fingerprint density at radius 3 is 1.70 bits per heavy atom. The monoisotopic (exact) mass is 421 g/mol. The predicted molar refractivity (Wildman–Crippen MR) is 135 cm³/mol. The van der Waals surface area contributed by atoms with Crippen LogP contribution in [0.15, 0.2) is 122 Å². The van der Waals surface area contributed by atoms with Gasteiger partial charge in [0.25, 0.3) is 0 Å². The molecule has 0 fully saturated rings. The lowest BCUT2D eigenvalue weighted by Crippen LogP contribution is -2.38. The Hall–Kier alpha value is -4.18. The predicted octanol–water partition coefficient (Wildman–Crippen LogP) is 5.22. The summed E-state index contributed by atoms with van der Waals surface area (Å²) < 4.78 is 2.33. The van der Waals surface area contributed by atoms with E-state index >= 15 is 0 Å². The Kier molecular flexibility index (Phi) is 4.58. The molecule has 0 spiro atoms. The molecule has 0 saturated carbocycles. The number of aromatic nitrogens is 3. The van der Waals surface area contributed by atoms with E-state index in [1.54, 1.807) is 0 Å². The number of rotatable bonds is 4. The maximum atomic E-state index is 6.23. The van der Waals surface area contributed by atoms with Gasteiger partial charge in [0.15, 0.2) is 0 Å². The highest BCUT2D eigenvalue weighted by Crippen LogP contribution is 2.45. The average Bonchev–Trinajstić information content (AvgIpc) is 3.20. The smallest absolute Gasteiger partial charge is 0.141 e. The van der Waals surface area contributed by atoms with Crippen molar-refractivity contribution in [1.29, 1.82) is 0 Å². The summed E-state index contributed by atoms with van der Waals surface area (Å²) in [6, 6.07) is 37.8. The van der Waals surface area contributed by atoms with Crippen LogP contribution in [0.5, 0.6) is 0 Å². The molecule has 6 aromatic rings. The third-order valence-corrected chi connectivity index (χ3v) is 6.35. The highest BCUT2D eigenvalue weighted by atomic mass is 15.1. The molecule has 3 nitrogen and oxygen atoms in total. The summed E-state index contributed by atoms with van der Waals surface area (Å²) in [6.07, 6.45) is 3.75. The van der Waals surface area contributed by atoms with Crippen LogP contribution in [0.4, 0.5) is 0 Å². The van der Waals surface area contributed by atoms with Crippen LogP contribution in [0.25, 0.3) is 21.9 Å². The van der Waals surface area contributed by atoms with Gasteiger partial charge in [0, 0.05) is 23.2 Å². The molecule has 0 unspecified atom stereocenters. The molecule has 0 aliphatic carbocycles. The second-order valence-corrected chi connectivity index (χ2v) is 8.14. The third-order valence-electron chi connectivity index (χ3n) is 6.35. The van der Waals surface area contributed by atoms with E-state index < -0.39 is 5.54 Å². The summed E-state index contributed by atoms with van der Waals surface area (Å²) in [4.78, 5) is 9.29. The van der Waals surface area contributed by atoms with Gasteiger partial charge in [-0.25, -0.2) is 4.98 Å². The minimum Gasteiger partial charge on any atom is -0.307 e. The summed E-state index contributed by atoms with van der Waals surface area (Å²) in [6.45, 7) is 0. The van der Waals surface area contributed by atoms with Gasteiger partial charge < -0.3 is 4.57 Å². The zero-order valence-corrected chi connectivity index (χ0v) is 18.0. The Bertz CT molecular complexity index is 1460. The molecule has 3 aromatic heterocycles. The van der Waals surface area contributed by atoms with Gasteiger partial charge in [-0.1, -0.05) is 97.1 Å². The second-order valence-electron chi connectivity index (χ2n) is 8.14. The Morgan fingerprint density at radius 2 is 1.15 bits per heavy atom. The molecule has 3 aromatic carbocycles. The first-order chi connectivity index (χ1) is 16.3. The first-order valence-electron chi connectivity index (χ1n) is 11.0. The first-order valence-corrected chi connectivity index (χ1v) is 11.0. The highest BCUT2D eigenvalue weighted by Gasteiger charge is 2.40. The van der Waals surface area contributed by atoms with Gasteiger partial charge >= 0.3 is 0 Å². The number of fused-ring (bicyclic) bond motifs is 3. The maximum absolute atomic E-state index is 6.23. The number of benzene rings is 3. The lowest BCUT2D eigenvalue weighted by molar-refractivity contribution is 0.546. The lowest BCUT2D eigenvalue weighted by atomic mass is 9.76. The summed E-state index contributed by atoms with van der Waals surface area (Å²) in [5.74, 6) is 0. The molecule has 4 heteroatoms.